The minimum atomic E-state index is 0.0415. The molecule has 2 rings (SSSR count). The van der Waals surface area contributed by atoms with E-state index in [0.717, 1.165) is 16.0 Å². The van der Waals surface area contributed by atoms with Gasteiger partial charge in [-0.15, -0.1) is 11.8 Å². The van der Waals surface area contributed by atoms with E-state index in [1.54, 1.807) is 7.11 Å². The number of thioether (sulfide) groups is 1. The van der Waals surface area contributed by atoms with Crippen LogP contribution in [0.25, 0.3) is 0 Å². The van der Waals surface area contributed by atoms with Crippen molar-refractivity contribution in [3.63, 3.8) is 0 Å². The van der Waals surface area contributed by atoms with Crippen LogP contribution in [0.4, 0.5) is 0 Å². The molecule has 0 N–H and O–H groups in total. The van der Waals surface area contributed by atoms with Gasteiger partial charge in [-0.05, 0) is 43.2 Å². The van der Waals surface area contributed by atoms with Gasteiger partial charge >= 0.3 is 0 Å². The Morgan fingerprint density at radius 1 is 1.19 bits per heavy atom. The van der Waals surface area contributed by atoms with Crippen molar-refractivity contribution in [1.82, 2.24) is 0 Å². The summed E-state index contributed by atoms with van der Waals surface area (Å²) < 4.78 is 5.40. The monoisotopic (exact) mass is 320 g/mol. The number of ketones is 1. The SMILES string of the molecule is COc1c(C(=O)CSc2ccccc2Cl)ccc(C)c1C. The molecule has 0 radical (unpaired) electrons. The van der Waals surface area contributed by atoms with Crippen LogP contribution in [-0.4, -0.2) is 18.6 Å². The Kier molecular flexibility index (Phi) is 5.32. The van der Waals surface area contributed by atoms with Gasteiger partial charge in [-0.2, -0.15) is 0 Å². The lowest BCUT2D eigenvalue weighted by molar-refractivity contribution is 0.101. The maximum atomic E-state index is 12.4. The lowest BCUT2D eigenvalue weighted by Crippen LogP contribution is -2.07. The molecule has 21 heavy (non-hydrogen) atoms. The number of rotatable bonds is 5. The number of aryl methyl sites for hydroxylation is 1. The van der Waals surface area contributed by atoms with Crippen LogP contribution in [0, 0.1) is 13.8 Å². The first-order valence-corrected chi connectivity index (χ1v) is 7.95. The van der Waals surface area contributed by atoms with Gasteiger partial charge in [-0.3, -0.25) is 4.79 Å². The molecule has 0 aliphatic carbocycles. The molecule has 0 unspecified atom stereocenters. The average molecular weight is 321 g/mol. The molecule has 2 aromatic carbocycles. The molecule has 0 aliphatic heterocycles. The van der Waals surface area contributed by atoms with Crippen LogP contribution in [0.5, 0.6) is 5.75 Å². The van der Waals surface area contributed by atoms with E-state index in [0.29, 0.717) is 22.1 Å². The van der Waals surface area contributed by atoms with Crippen molar-refractivity contribution in [2.75, 3.05) is 12.9 Å². The third-order valence-corrected chi connectivity index (χ3v) is 4.89. The molecule has 0 atom stereocenters. The fourth-order valence-corrected chi connectivity index (χ4v) is 3.18. The van der Waals surface area contributed by atoms with Crippen LogP contribution >= 0.6 is 23.4 Å². The van der Waals surface area contributed by atoms with Crippen molar-refractivity contribution < 1.29 is 9.53 Å². The first kappa shape index (κ1) is 15.9. The molecule has 4 heteroatoms. The third-order valence-electron chi connectivity index (χ3n) is 3.38. The van der Waals surface area contributed by atoms with Gasteiger partial charge in [-0.25, -0.2) is 0 Å². The lowest BCUT2D eigenvalue weighted by atomic mass is 10.0. The minimum Gasteiger partial charge on any atom is -0.496 e. The van der Waals surface area contributed by atoms with E-state index in [1.807, 2.05) is 50.2 Å². The van der Waals surface area contributed by atoms with Gasteiger partial charge in [0, 0.05) is 4.90 Å². The van der Waals surface area contributed by atoms with Gasteiger partial charge in [-0.1, -0.05) is 29.8 Å². The maximum Gasteiger partial charge on any atom is 0.176 e. The van der Waals surface area contributed by atoms with Gasteiger partial charge in [0.2, 0.25) is 0 Å². The number of benzene rings is 2. The summed E-state index contributed by atoms with van der Waals surface area (Å²) in [5.74, 6) is 1.04. The predicted molar refractivity (Wildman–Crippen MR) is 89.0 cm³/mol. The minimum absolute atomic E-state index is 0.0415. The number of carbonyl (C=O) groups excluding carboxylic acids is 1. The fraction of sp³-hybridized carbons (Fsp3) is 0.235. The van der Waals surface area contributed by atoms with Crippen LogP contribution in [-0.2, 0) is 0 Å². The van der Waals surface area contributed by atoms with Crippen molar-refractivity contribution in [3.8, 4) is 5.75 Å². The van der Waals surface area contributed by atoms with Crippen LogP contribution in [0.2, 0.25) is 5.02 Å². The topological polar surface area (TPSA) is 26.3 Å². The second kappa shape index (κ2) is 7.01. The van der Waals surface area contributed by atoms with Gasteiger partial charge < -0.3 is 4.74 Å². The molecule has 0 aromatic heterocycles. The molecular weight excluding hydrogens is 304 g/mol. The van der Waals surface area contributed by atoms with Crippen LogP contribution in [0.15, 0.2) is 41.3 Å². The first-order chi connectivity index (χ1) is 10.0. The van der Waals surface area contributed by atoms with Gasteiger partial charge in [0.25, 0.3) is 0 Å². The highest BCUT2D eigenvalue weighted by Gasteiger charge is 2.16. The Hall–Kier alpha value is -1.45. The van der Waals surface area contributed by atoms with Gasteiger partial charge in [0.1, 0.15) is 5.75 Å². The smallest absolute Gasteiger partial charge is 0.176 e. The second-order valence-electron chi connectivity index (χ2n) is 4.73. The molecule has 0 saturated heterocycles. The Morgan fingerprint density at radius 2 is 1.90 bits per heavy atom. The summed E-state index contributed by atoms with van der Waals surface area (Å²) in [5.41, 5.74) is 2.74. The Balaban J connectivity index is 2.18. The standard InChI is InChI=1S/C17H17ClO2S/c1-11-8-9-13(17(20-3)12(11)2)15(19)10-21-16-7-5-4-6-14(16)18/h4-9H,10H2,1-3H3. The summed E-state index contributed by atoms with van der Waals surface area (Å²) in [5, 5.41) is 0.669. The van der Waals surface area contributed by atoms with Gasteiger partial charge in [0.05, 0.1) is 23.4 Å². The number of ether oxygens (including phenoxy) is 1. The van der Waals surface area contributed by atoms with Crippen molar-refractivity contribution in [2.45, 2.75) is 18.7 Å². The van der Waals surface area contributed by atoms with E-state index in [9.17, 15) is 4.79 Å². The normalized spacial score (nSPS) is 10.5. The summed E-state index contributed by atoms with van der Waals surface area (Å²) in [6.45, 7) is 3.97. The Morgan fingerprint density at radius 3 is 2.57 bits per heavy atom. The van der Waals surface area contributed by atoms with E-state index in [1.165, 1.54) is 11.8 Å². The van der Waals surface area contributed by atoms with E-state index in [-0.39, 0.29) is 5.78 Å². The summed E-state index contributed by atoms with van der Waals surface area (Å²) in [4.78, 5) is 13.3. The van der Waals surface area contributed by atoms with Crippen molar-refractivity contribution in [2.24, 2.45) is 0 Å². The molecule has 0 aliphatic rings. The van der Waals surface area contributed by atoms with Crippen LogP contribution < -0.4 is 4.74 Å². The number of hydrogen-bond acceptors (Lipinski definition) is 3. The lowest BCUT2D eigenvalue weighted by Gasteiger charge is -2.12. The quantitative estimate of drug-likeness (QED) is 0.576. The predicted octanol–water partition coefficient (Wildman–Crippen LogP) is 4.94. The van der Waals surface area contributed by atoms with E-state index >= 15 is 0 Å². The van der Waals surface area contributed by atoms with Crippen LogP contribution in [0.3, 0.4) is 0 Å². The third kappa shape index (κ3) is 3.60. The molecule has 0 amide bonds. The number of Topliss-reactive ketones (excluding diaryl/α,β-unsaturated/α-hetero) is 1. The van der Waals surface area contributed by atoms with E-state index in [4.69, 9.17) is 16.3 Å². The highest BCUT2D eigenvalue weighted by atomic mass is 35.5. The highest BCUT2D eigenvalue weighted by molar-refractivity contribution is 8.00. The summed E-state index contributed by atoms with van der Waals surface area (Å²) >= 11 is 7.54. The first-order valence-electron chi connectivity index (χ1n) is 6.59. The van der Waals surface area contributed by atoms with Gasteiger partial charge in [0.15, 0.2) is 5.78 Å². The number of carbonyl (C=O) groups is 1. The van der Waals surface area contributed by atoms with E-state index < -0.39 is 0 Å². The van der Waals surface area contributed by atoms with Crippen molar-refractivity contribution >= 4 is 29.1 Å². The summed E-state index contributed by atoms with van der Waals surface area (Å²) in [7, 11) is 1.60. The summed E-state index contributed by atoms with van der Waals surface area (Å²) in [6.07, 6.45) is 0. The molecule has 0 fully saturated rings. The number of hydrogen-bond donors (Lipinski definition) is 0. The molecule has 110 valence electrons. The van der Waals surface area contributed by atoms with Crippen molar-refractivity contribution in [1.29, 1.82) is 0 Å². The van der Waals surface area contributed by atoms with Crippen molar-refractivity contribution in [3.05, 3.63) is 58.1 Å². The van der Waals surface area contributed by atoms with E-state index in [2.05, 4.69) is 0 Å². The Bertz CT molecular complexity index is 668. The number of halogens is 1. The fourth-order valence-electron chi connectivity index (χ4n) is 2.06. The maximum absolute atomic E-state index is 12.4. The zero-order chi connectivity index (χ0) is 15.4. The molecule has 0 heterocycles. The molecule has 2 aromatic rings. The highest BCUT2D eigenvalue weighted by Crippen LogP contribution is 2.30. The molecule has 0 saturated carbocycles. The summed E-state index contributed by atoms with van der Waals surface area (Å²) in [6, 6.07) is 11.3. The largest absolute Gasteiger partial charge is 0.496 e. The zero-order valence-electron chi connectivity index (χ0n) is 12.3. The zero-order valence-corrected chi connectivity index (χ0v) is 13.8. The molecule has 2 nitrogen and oxygen atoms in total. The average Bonchev–Trinajstić information content (AvgIpc) is 2.48. The molecule has 0 spiro atoms. The number of methoxy groups -OCH3 is 1. The Labute approximate surface area is 134 Å². The molecule has 0 bridgehead atoms. The molecular formula is C17H17ClO2S. The van der Waals surface area contributed by atoms with Crippen LogP contribution in [0.1, 0.15) is 21.5 Å². The second-order valence-corrected chi connectivity index (χ2v) is 6.15.